The Morgan fingerprint density at radius 1 is 1.31 bits per heavy atom. The Morgan fingerprint density at radius 2 is 2.00 bits per heavy atom. The van der Waals surface area contributed by atoms with Crippen LogP contribution in [0.5, 0.6) is 0 Å². The molecule has 74 valence electrons. The van der Waals surface area contributed by atoms with Gasteiger partial charge in [-0.15, -0.1) is 0 Å². The molecule has 0 bridgehead atoms. The first-order valence-corrected chi connectivity index (χ1v) is 4.58. The highest BCUT2D eigenvalue weighted by molar-refractivity contribution is 5.90. The number of aliphatic carboxylic acids is 1. The van der Waals surface area contributed by atoms with Crippen LogP contribution in [0.25, 0.3) is 0 Å². The van der Waals surface area contributed by atoms with Gasteiger partial charge < -0.3 is 5.11 Å². The molecule has 0 aliphatic heterocycles. The van der Waals surface area contributed by atoms with Crippen molar-refractivity contribution < 1.29 is 14.7 Å². The summed E-state index contributed by atoms with van der Waals surface area (Å²) in [6, 6.07) is 0. The minimum Gasteiger partial charge on any atom is -0.481 e. The summed E-state index contributed by atoms with van der Waals surface area (Å²) >= 11 is 0. The summed E-state index contributed by atoms with van der Waals surface area (Å²) in [5.74, 6) is -0.882. The van der Waals surface area contributed by atoms with Gasteiger partial charge in [0.15, 0.2) is 5.78 Å². The van der Waals surface area contributed by atoms with E-state index < -0.39 is 5.97 Å². The summed E-state index contributed by atoms with van der Waals surface area (Å²) in [6.07, 6.45) is 6.27. The third-order valence-electron chi connectivity index (χ3n) is 1.62. The molecule has 0 aliphatic rings. The van der Waals surface area contributed by atoms with E-state index in [1.165, 1.54) is 12.2 Å². The predicted molar refractivity (Wildman–Crippen MR) is 50.5 cm³/mol. The molecule has 0 aromatic carbocycles. The molecule has 0 aromatic rings. The number of ketones is 1. The van der Waals surface area contributed by atoms with E-state index in [1.807, 2.05) is 0 Å². The number of hydrogen-bond donors (Lipinski definition) is 1. The first kappa shape index (κ1) is 11.9. The Hall–Kier alpha value is -1.12. The highest BCUT2D eigenvalue weighted by Gasteiger charge is 1.96. The maximum absolute atomic E-state index is 11.0. The van der Waals surface area contributed by atoms with Gasteiger partial charge in [-0.2, -0.15) is 0 Å². The molecule has 0 rings (SSSR count). The summed E-state index contributed by atoms with van der Waals surface area (Å²) in [6.45, 7) is 2.07. The van der Waals surface area contributed by atoms with Gasteiger partial charge in [-0.3, -0.25) is 9.59 Å². The van der Waals surface area contributed by atoms with E-state index >= 15 is 0 Å². The molecule has 0 amide bonds. The van der Waals surface area contributed by atoms with Gasteiger partial charge in [0.1, 0.15) is 0 Å². The van der Waals surface area contributed by atoms with Crippen LogP contribution in [0.4, 0.5) is 0 Å². The fourth-order valence-corrected chi connectivity index (χ4v) is 0.924. The van der Waals surface area contributed by atoms with Crippen molar-refractivity contribution in [2.75, 3.05) is 0 Å². The Balaban J connectivity index is 3.49. The second-order valence-electron chi connectivity index (χ2n) is 2.92. The zero-order chi connectivity index (χ0) is 10.1. The number of carbonyl (C=O) groups excluding carboxylic acids is 1. The molecule has 0 aromatic heterocycles. The second-order valence-corrected chi connectivity index (χ2v) is 2.92. The molecule has 0 saturated carbocycles. The van der Waals surface area contributed by atoms with Crippen LogP contribution in [0.15, 0.2) is 12.2 Å². The molecule has 0 aliphatic carbocycles. The normalized spacial score (nSPS) is 10.5. The number of hydrogen-bond acceptors (Lipinski definition) is 2. The topological polar surface area (TPSA) is 54.4 Å². The summed E-state index contributed by atoms with van der Waals surface area (Å²) in [5.41, 5.74) is 0. The van der Waals surface area contributed by atoms with Crippen LogP contribution < -0.4 is 0 Å². The minimum atomic E-state index is -0.905. The lowest BCUT2D eigenvalue weighted by atomic mass is 10.1. The van der Waals surface area contributed by atoms with Crippen molar-refractivity contribution in [3.8, 4) is 0 Å². The lowest BCUT2D eigenvalue weighted by molar-refractivity contribution is -0.135. The third-order valence-corrected chi connectivity index (χ3v) is 1.62. The van der Waals surface area contributed by atoms with E-state index in [0.29, 0.717) is 6.42 Å². The zero-order valence-electron chi connectivity index (χ0n) is 7.95. The number of unbranched alkanes of at least 4 members (excludes halogenated alkanes) is 2. The largest absolute Gasteiger partial charge is 0.481 e. The van der Waals surface area contributed by atoms with Crippen molar-refractivity contribution in [3.63, 3.8) is 0 Å². The van der Waals surface area contributed by atoms with Crippen molar-refractivity contribution in [3.05, 3.63) is 12.2 Å². The van der Waals surface area contributed by atoms with E-state index in [9.17, 15) is 9.59 Å². The predicted octanol–water partition coefficient (Wildman–Crippen LogP) is 2.17. The van der Waals surface area contributed by atoms with Crippen molar-refractivity contribution in [2.45, 2.75) is 39.0 Å². The maximum Gasteiger partial charge on any atom is 0.307 e. The van der Waals surface area contributed by atoms with Crippen LogP contribution in [0.3, 0.4) is 0 Å². The van der Waals surface area contributed by atoms with Gasteiger partial charge in [0, 0.05) is 6.42 Å². The maximum atomic E-state index is 11.0. The zero-order valence-corrected chi connectivity index (χ0v) is 7.95. The van der Waals surface area contributed by atoms with Gasteiger partial charge in [0.05, 0.1) is 6.42 Å². The van der Waals surface area contributed by atoms with E-state index in [1.54, 1.807) is 0 Å². The number of rotatable bonds is 7. The van der Waals surface area contributed by atoms with Crippen LogP contribution in [0.2, 0.25) is 0 Å². The summed E-state index contributed by atoms with van der Waals surface area (Å²) in [7, 11) is 0. The van der Waals surface area contributed by atoms with Crippen molar-refractivity contribution in [2.24, 2.45) is 0 Å². The van der Waals surface area contributed by atoms with E-state index in [2.05, 4.69) is 6.92 Å². The van der Waals surface area contributed by atoms with Gasteiger partial charge >= 0.3 is 5.97 Å². The van der Waals surface area contributed by atoms with E-state index in [0.717, 1.165) is 19.3 Å². The molecule has 0 spiro atoms. The van der Waals surface area contributed by atoms with Gasteiger partial charge in [0.2, 0.25) is 0 Å². The Morgan fingerprint density at radius 3 is 2.54 bits per heavy atom. The number of carboxylic acids is 1. The molecule has 0 atom stereocenters. The molecule has 0 radical (unpaired) electrons. The quantitative estimate of drug-likeness (QED) is 0.487. The first-order chi connectivity index (χ1) is 6.16. The average Bonchev–Trinajstić information content (AvgIpc) is 2.04. The Bertz CT molecular complexity index is 194. The van der Waals surface area contributed by atoms with Crippen molar-refractivity contribution in [1.29, 1.82) is 0 Å². The van der Waals surface area contributed by atoms with Crippen LogP contribution in [-0.4, -0.2) is 16.9 Å². The molecule has 3 heteroatoms. The molecule has 3 nitrogen and oxygen atoms in total. The smallest absolute Gasteiger partial charge is 0.307 e. The highest BCUT2D eigenvalue weighted by Crippen LogP contribution is 2.00. The molecule has 0 heterocycles. The highest BCUT2D eigenvalue weighted by atomic mass is 16.4. The molecule has 13 heavy (non-hydrogen) atoms. The molecular formula is C10H16O3. The minimum absolute atomic E-state index is 0.0229. The Labute approximate surface area is 78.5 Å². The number of carboxylic acid groups (broad SMARTS) is 1. The van der Waals surface area contributed by atoms with Gasteiger partial charge in [-0.05, 0) is 12.5 Å². The molecule has 0 unspecified atom stereocenters. The van der Waals surface area contributed by atoms with Gasteiger partial charge in [0.25, 0.3) is 0 Å². The SMILES string of the molecule is CCCCCC(=O)/C=C/CC(=O)O. The number of allylic oxidation sites excluding steroid dienone is 1. The second kappa shape index (κ2) is 7.53. The monoisotopic (exact) mass is 184 g/mol. The third kappa shape index (κ3) is 8.79. The van der Waals surface area contributed by atoms with Crippen LogP contribution in [-0.2, 0) is 9.59 Å². The van der Waals surface area contributed by atoms with Crippen LogP contribution in [0.1, 0.15) is 39.0 Å². The van der Waals surface area contributed by atoms with E-state index in [4.69, 9.17) is 5.11 Å². The average molecular weight is 184 g/mol. The Kier molecular flexibility index (Phi) is 6.88. The standard InChI is InChI=1S/C10H16O3/c1-2-3-4-6-9(11)7-5-8-10(12)13/h5,7H,2-4,6,8H2,1H3,(H,12,13)/b7-5+. The molecule has 0 fully saturated rings. The van der Waals surface area contributed by atoms with E-state index in [-0.39, 0.29) is 12.2 Å². The first-order valence-electron chi connectivity index (χ1n) is 4.58. The lowest BCUT2D eigenvalue weighted by Gasteiger charge is -1.93. The fraction of sp³-hybridized carbons (Fsp3) is 0.600. The summed E-state index contributed by atoms with van der Waals surface area (Å²) < 4.78 is 0. The van der Waals surface area contributed by atoms with Gasteiger partial charge in [-0.25, -0.2) is 0 Å². The molecule has 0 saturated heterocycles. The molecule has 1 N–H and O–H groups in total. The lowest BCUT2D eigenvalue weighted by Crippen LogP contribution is -1.94. The van der Waals surface area contributed by atoms with Crippen LogP contribution >= 0.6 is 0 Å². The number of carbonyl (C=O) groups is 2. The van der Waals surface area contributed by atoms with Crippen molar-refractivity contribution >= 4 is 11.8 Å². The van der Waals surface area contributed by atoms with Gasteiger partial charge in [-0.1, -0.05) is 25.8 Å². The fourth-order valence-electron chi connectivity index (χ4n) is 0.924. The summed E-state index contributed by atoms with van der Waals surface area (Å²) in [4.78, 5) is 21.1. The van der Waals surface area contributed by atoms with Crippen LogP contribution in [0, 0.1) is 0 Å². The molecular weight excluding hydrogens is 168 g/mol. The summed E-state index contributed by atoms with van der Waals surface area (Å²) in [5, 5.41) is 8.28. The van der Waals surface area contributed by atoms with Crippen molar-refractivity contribution in [1.82, 2.24) is 0 Å².